The first-order chi connectivity index (χ1) is 11.1. The molecule has 1 saturated heterocycles. The smallest absolute Gasteiger partial charge is 0.403 e. The number of rotatable bonds is 7. The fourth-order valence-corrected chi connectivity index (χ4v) is 6.61. The van der Waals surface area contributed by atoms with Crippen molar-refractivity contribution < 1.29 is 9.31 Å². The maximum atomic E-state index is 6.36. The summed E-state index contributed by atoms with van der Waals surface area (Å²) < 4.78 is 12.7. The summed E-state index contributed by atoms with van der Waals surface area (Å²) in [5, 5.41) is 1.50. The molecule has 2 nitrogen and oxygen atoms in total. The molecule has 0 unspecified atom stereocenters. The number of halogens is 1. The van der Waals surface area contributed by atoms with Crippen molar-refractivity contribution in [1.29, 1.82) is 0 Å². The molecule has 0 bridgehead atoms. The second kappa shape index (κ2) is 7.53. The van der Waals surface area contributed by atoms with Crippen molar-refractivity contribution >= 4 is 32.0 Å². The van der Waals surface area contributed by atoms with Crippen LogP contribution in [0.4, 0.5) is 0 Å². The fraction of sp³-hybridized carbons (Fsp3) is 0.684. The molecule has 1 aliphatic rings. The van der Waals surface area contributed by atoms with Crippen LogP contribution in [0.25, 0.3) is 0 Å². The summed E-state index contributed by atoms with van der Waals surface area (Å²) in [7, 11) is -1.69. The lowest BCUT2D eigenvalue weighted by Crippen LogP contribution is -2.44. The monoisotopic (exact) mass is 366 g/mol. The molecular weight excluding hydrogens is 335 g/mol. The first kappa shape index (κ1) is 20.0. The third-order valence-electron chi connectivity index (χ3n) is 5.69. The zero-order valence-corrected chi connectivity index (χ0v) is 17.8. The van der Waals surface area contributed by atoms with Gasteiger partial charge in [-0.05, 0) is 39.9 Å². The molecule has 0 N–H and O–H groups in total. The summed E-state index contributed by atoms with van der Waals surface area (Å²) in [6.07, 6.45) is 2.07. The van der Waals surface area contributed by atoms with Gasteiger partial charge >= 0.3 is 7.12 Å². The Morgan fingerprint density at radius 1 is 1.04 bits per heavy atom. The number of alkyl halides is 1. The normalized spacial score (nSPS) is 21.0. The van der Waals surface area contributed by atoms with Gasteiger partial charge in [0.05, 0.1) is 19.3 Å². The van der Waals surface area contributed by atoms with Crippen LogP contribution in [-0.2, 0) is 9.31 Å². The van der Waals surface area contributed by atoms with Crippen LogP contribution in [-0.4, -0.2) is 32.3 Å². The number of benzene rings is 1. The van der Waals surface area contributed by atoms with E-state index in [0.29, 0.717) is 11.7 Å². The van der Waals surface area contributed by atoms with E-state index in [1.807, 2.05) is 0 Å². The first-order valence-electron chi connectivity index (χ1n) is 9.06. The fourth-order valence-electron chi connectivity index (χ4n) is 3.42. The molecule has 2 rings (SSSR count). The van der Waals surface area contributed by atoms with Crippen molar-refractivity contribution in [1.82, 2.24) is 0 Å². The molecule has 1 aromatic carbocycles. The third-order valence-corrected chi connectivity index (χ3v) is 9.40. The zero-order chi connectivity index (χ0) is 18.0. The molecule has 1 atom stereocenters. The maximum Gasteiger partial charge on any atom is 0.460 e. The highest BCUT2D eigenvalue weighted by Crippen LogP contribution is 2.43. The molecule has 0 radical (unpaired) electrons. The summed E-state index contributed by atoms with van der Waals surface area (Å²) in [6.45, 7) is 13.4. The number of hydrogen-bond acceptors (Lipinski definition) is 2. The van der Waals surface area contributed by atoms with Crippen LogP contribution in [0.1, 0.15) is 40.5 Å². The Bertz CT molecular complexity index is 517. The molecule has 0 saturated carbocycles. The van der Waals surface area contributed by atoms with Crippen molar-refractivity contribution in [2.24, 2.45) is 0 Å². The molecule has 0 aliphatic carbocycles. The summed E-state index contributed by atoms with van der Waals surface area (Å²) in [6, 6.07) is 12.1. The van der Waals surface area contributed by atoms with Crippen LogP contribution < -0.4 is 5.19 Å². The Morgan fingerprint density at radius 3 is 2.08 bits per heavy atom. The molecule has 0 amide bonds. The molecular formula is C19H32BClO2Si. The summed E-state index contributed by atoms with van der Waals surface area (Å²) in [5.74, 6) is 1.09. The molecule has 1 aliphatic heterocycles. The first-order valence-corrected chi connectivity index (χ1v) is 12.8. The topological polar surface area (TPSA) is 18.5 Å². The molecule has 1 fully saturated rings. The predicted molar refractivity (Wildman–Crippen MR) is 108 cm³/mol. The minimum absolute atomic E-state index is 0.131. The lowest BCUT2D eigenvalue weighted by molar-refractivity contribution is 0.00578. The predicted octanol–water partition coefficient (Wildman–Crippen LogP) is 5.08. The Balaban J connectivity index is 2.17. The highest BCUT2D eigenvalue weighted by molar-refractivity contribution is 6.90. The SMILES string of the molecule is CC1(C)OB([C@@H](CCCCl)C[Si](C)(C)c2ccccc2)OC1(C)C. The van der Waals surface area contributed by atoms with Crippen LogP contribution >= 0.6 is 11.6 Å². The van der Waals surface area contributed by atoms with Crippen LogP contribution in [0.5, 0.6) is 0 Å². The van der Waals surface area contributed by atoms with Crippen molar-refractivity contribution in [2.75, 3.05) is 5.88 Å². The van der Waals surface area contributed by atoms with Gasteiger partial charge in [0.2, 0.25) is 0 Å². The summed E-state index contributed by atoms with van der Waals surface area (Å²) >= 11 is 5.98. The minimum Gasteiger partial charge on any atom is -0.403 e. The standard InChI is InChI=1S/C19H32BClO2Si/c1-18(2)19(3,4)23-20(22-18)16(11-10-14-21)15-24(5,6)17-12-8-7-9-13-17/h7-9,12-13,16H,10-11,14-15H2,1-6H3/t16-/m0/s1. The Labute approximate surface area is 154 Å². The van der Waals surface area contributed by atoms with E-state index in [9.17, 15) is 0 Å². The van der Waals surface area contributed by atoms with Gasteiger partial charge < -0.3 is 9.31 Å². The molecule has 5 heteroatoms. The van der Waals surface area contributed by atoms with E-state index in [1.165, 1.54) is 5.19 Å². The summed E-state index contributed by atoms with van der Waals surface area (Å²) in [4.78, 5) is 0. The quantitative estimate of drug-likeness (QED) is 0.494. The van der Waals surface area contributed by atoms with E-state index in [2.05, 4.69) is 71.1 Å². The van der Waals surface area contributed by atoms with E-state index in [4.69, 9.17) is 20.9 Å². The van der Waals surface area contributed by atoms with Gasteiger partial charge in [0.1, 0.15) is 0 Å². The highest BCUT2D eigenvalue weighted by atomic mass is 35.5. The minimum atomic E-state index is -1.56. The maximum absolute atomic E-state index is 6.36. The lowest BCUT2D eigenvalue weighted by atomic mass is 9.70. The molecule has 0 spiro atoms. The van der Waals surface area contributed by atoms with Gasteiger partial charge in [-0.2, -0.15) is 0 Å². The Kier molecular flexibility index (Phi) is 6.28. The van der Waals surface area contributed by atoms with Gasteiger partial charge in [0.15, 0.2) is 0 Å². The van der Waals surface area contributed by atoms with Crippen molar-refractivity contribution in [3.8, 4) is 0 Å². The van der Waals surface area contributed by atoms with Crippen molar-refractivity contribution in [2.45, 2.75) is 76.7 Å². The average Bonchev–Trinajstić information content (AvgIpc) is 2.72. The van der Waals surface area contributed by atoms with Crippen LogP contribution in [0.15, 0.2) is 30.3 Å². The van der Waals surface area contributed by atoms with E-state index in [0.717, 1.165) is 18.9 Å². The lowest BCUT2D eigenvalue weighted by Gasteiger charge is -2.32. The van der Waals surface area contributed by atoms with Crippen LogP contribution in [0.2, 0.25) is 25.0 Å². The van der Waals surface area contributed by atoms with E-state index in [-0.39, 0.29) is 18.3 Å². The van der Waals surface area contributed by atoms with Gasteiger partial charge in [-0.15, -0.1) is 11.6 Å². The van der Waals surface area contributed by atoms with Gasteiger partial charge in [-0.3, -0.25) is 0 Å². The highest BCUT2D eigenvalue weighted by Gasteiger charge is 2.54. The third kappa shape index (κ3) is 4.46. The number of hydrogen-bond donors (Lipinski definition) is 0. The zero-order valence-electron chi connectivity index (χ0n) is 16.1. The molecule has 1 heterocycles. The molecule has 0 aromatic heterocycles. The van der Waals surface area contributed by atoms with Crippen molar-refractivity contribution in [3.05, 3.63) is 30.3 Å². The second-order valence-corrected chi connectivity index (χ2v) is 13.8. The van der Waals surface area contributed by atoms with Gasteiger partial charge in [-0.1, -0.05) is 61.1 Å². The van der Waals surface area contributed by atoms with Gasteiger partial charge in [-0.25, -0.2) is 0 Å². The van der Waals surface area contributed by atoms with E-state index in [1.54, 1.807) is 0 Å². The van der Waals surface area contributed by atoms with Gasteiger partial charge in [0, 0.05) is 5.88 Å². The van der Waals surface area contributed by atoms with Gasteiger partial charge in [0.25, 0.3) is 0 Å². The molecule has 24 heavy (non-hydrogen) atoms. The average molecular weight is 367 g/mol. The second-order valence-electron chi connectivity index (χ2n) is 8.67. The molecule has 1 aromatic rings. The van der Waals surface area contributed by atoms with E-state index < -0.39 is 8.07 Å². The van der Waals surface area contributed by atoms with Crippen LogP contribution in [0.3, 0.4) is 0 Å². The summed E-state index contributed by atoms with van der Waals surface area (Å²) in [5.41, 5.74) is -0.537. The van der Waals surface area contributed by atoms with E-state index >= 15 is 0 Å². The van der Waals surface area contributed by atoms with Crippen molar-refractivity contribution in [3.63, 3.8) is 0 Å². The Hall–Kier alpha value is -0.288. The largest absolute Gasteiger partial charge is 0.460 e. The van der Waals surface area contributed by atoms with Crippen LogP contribution in [0, 0.1) is 0 Å². The Morgan fingerprint density at radius 2 is 1.58 bits per heavy atom. The molecule has 134 valence electrons.